The molecule has 1 aromatic heterocycles. The number of carbonyl (C=O) groups is 1. The molecule has 1 heterocycles. The van der Waals surface area contributed by atoms with Crippen molar-refractivity contribution in [3.63, 3.8) is 0 Å². The first kappa shape index (κ1) is 20.4. The van der Waals surface area contributed by atoms with E-state index >= 15 is 0 Å². The lowest BCUT2D eigenvalue weighted by molar-refractivity contribution is -0.118. The molecule has 0 radical (unpaired) electrons. The lowest BCUT2D eigenvalue weighted by Gasteiger charge is -2.09. The Hall–Kier alpha value is -3.84. The Bertz CT molecular complexity index is 1210. The molecule has 0 unspecified atom stereocenters. The minimum absolute atomic E-state index is 0.173. The summed E-state index contributed by atoms with van der Waals surface area (Å²) < 4.78 is 16.4. The lowest BCUT2D eigenvalue weighted by Crippen LogP contribution is -2.20. The molecule has 3 aromatic carbocycles. The van der Waals surface area contributed by atoms with Crippen molar-refractivity contribution in [2.45, 2.75) is 0 Å². The Balaban J connectivity index is 1.45. The summed E-state index contributed by atoms with van der Waals surface area (Å²) in [5, 5.41) is 7.22. The van der Waals surface area contributed by atoms with Crippen molar-refractivity contribution in [1.29, 1.82) is 0 Å². The zero-order valence-corrected chi connectivity index (χ0v) is 17.3. The maximum Gasteiger partial charge on any atom is 0.262 e. The minimum Gasteiger partial charge on any atom is -0.496 e. The third-order valence-electron chi connectivity index (χ3n) is 4.37. The average Bonchev–Trinajstić information content (AvgIpc) is 3.30. The van der Waals surface area contributed by atoms with Crippen molar-refractivity contribution in [2.75, 3.05) is 19.0 Å². The molecular formula is C23H18ClN3O4. The van der Waals surface area contributed by atoms with Crippen molar-refractivity contribution < 1.29 is 18.8 Å². The Labute approximate surface area is 183 Å². The van der Waals surface area contributed by atoms with Crippen LogP contribution in [-0.4, -0.2) is 29.8 Å². The van der Waals surface area contributed by atoms with Gasteiger partial charge in [-0.25, -0.2) is 0 Å². The van der Waals surface area contributed by atoms with Gasteiger partial charge in [0.25, 0.3) is 11.8 Å². The predicted octanol–water partition coefficient (Wildman–Crippen LogP) is 5.08. The average molecular weight is 436 g/mol. The van der Waals surface area contributed by atoms with E-state index in [0.29, 0.717) is 45.1 Å². The second kappa shape index (κ2) is 9.32. The van der Waals surface area contributed by atoms with Gasteiger partial charge in [0.1, 0.15) is 11.5 Å². The van der Waals surface area contributed by atoms with Crippen molar-refractivity contribution in [1.82, 2.24) is 10.1 Å². The first-order valence-electron chi connectivity index (χ1n) is 9.39. The van der Waals surface area contributed by atoms with Crippen molar-refractivity contribution in [3.8, 4) is 34.3 Å². The Morgan fingerprint density at radius 1 is 1.06 bits per heavy atom. The molecule has 1 N–H and O–H groups in total. The molecule has 0 aliphatic heterocycles. The van der Waals surface area contributed by atoms with Gasteiger partial charge in [-0.2, -0.15) is 4.98 Å². The Morgan fingerprint density at radius 3 is 2.71 bits per heavy atom. The molecule has 0 aliphatic rings. The molecule has 4 rings (SSSR count). The van der Waals surface area contributed by atoms with Crippen LogP contribution < -0.4 is 14.8 Å². The molecule has 1 amide bonds. The summed E-state index contributed by atoms with van der Waals surface area (Å²) >= 11 is 6.05. The number of ether oxygens (including phenoxy) is 2. The van der Waals surface area contributed by atoms with E-state index in [1.54, 1.807) is 49.6 Å². The van der Waals surface area contributed by atoms with E-state index in [-0.39, 0.29) is 12.5 Å². The van der Waals surface area contributed by atoms with E-state index in [4.69, 9.17) is 25.6 Å². The molecule has 31 heavy (non-hydrogen) atoms. The van der Waals surface area contributed by atoms with Crippen LogP contribution in [0.1, 0.15) is 0 Å². The zero-order valence-electron chi connectivity index (χ0n) is 16.5. The number of nitrogens with zero attached hydrogens (tertiary/aromatic N) is 2. The number of aromatic nitrogens is 2. The molecule has 0 saturated heterocycles. The summed E-state index contributed by atoms with van der Waals surface area (Å²) in [7, 11) is 1.58. The summed E-state index contributed by atoms with van der Waals surface area (Å²) in [6.07, 6.45) is 0. The third kappa shape index (κ3) is 4.84. The Morgan fingerprint density at radius 2 is 1.87 bits per heavy atom. The van der Waals surface area contributed by atoms with Crippen LogP contribution in [-0.2, 0) is 4.79 Å². The number of rotatable bonds is 7. The number of carbonyl (C=O) groups excluding carboxylic acids is 1. The standard InChI is InChI=1S/C23H18ClN3O4/c1-29-20-12-5-2-9-17(20)23-26-22(27-31-23)15-7-6-8-16(13-15)30-14-21(28)25-19-11-4-3-10-18(19)24/h2-13H,14H2,1H3,(H,25,28). The van der Waals surface area contributed by atoms with Crippen LogP contribution in [0.4, 0.5) is 5.69 Å². The second-order valence-electron chi connectivity index (χ2n) is 6.47. The number of methoxy groups -OCH3 is 1. The molecule has 0 atom stereocenters. The largest absolute Gasteiger partial charge is 0.496 e. The highest BCUT2D eigenvalue weighted by Crippen LogP contribution is 2.30. The van der Waals surface area contributed by atoms with Gasteiger partial charge in [0, 0.05) is 5.56 Å². The summed E-state index contributed by atoms with van der Waals surface area (Å²) in [5.74, 6) is 1.55. The van der Waals surface area contributed by atoms with Gasteiger partial charge in [-0.05, 0) is 36.4 Å². The first-order valence-corrected chi connectivity index (χ1v) is 9.76. The molecular weight excluding hydrogens is 418 g/mol. The second-order valence-corrected chi connectivity index (χ2v) is 6.88. The van der Waals surface area contributed by atoms with Gasteiger partial charge in [0.15, 0.2) is 6.61 Å². The molecule has 8 heteroatoms. The van der Waals surface area contributed by atoms with Gasteiger partial charge in [-0.15, -0.1) is 0 Å². The van der Waals surface area contributed by atoms with Gasteiger partial charge in [-0.3, -0.25) is 4.79 Å². The van der Waals surface area contributed by atoms with Crippen molar-refractivity contribution in [3.05, 3.63) is 77.8 Å². The van der Waals surface area contributed by atoms with Gasteiger partial charge in [-0.1, -0.05) is 53.2 Å². The van der Waals surface area contributed by atoms with Crippen LogP contribution in [0, 0.1) is 0 Å². The molecule has 0 saturated carbocycles. The number of para-hydroxylation sites is 2. The fourth-order valence-electron chi connectivity index (χ4n) is 2.89. The highest BCUT2D eigenvalue weighted by Gasteiger charge is 2.15. The van der Waals surface area contributed by atoms with Crippen molar-refractivity contribution >= 4 is 23.2 Å². The third-order valence-corrected chi connectivity index (χ3v) is 4.70. The molecule has 0 aliphatic carbocycles. The van der Waals surface area contributed by atoms with E-state index in [2.05, 4.69) is 15.5 Å². The van der Waals surface area contributed by atoms with Gasteiger partial charge in [0.05, 0.1) is 23.4 Å². The topological polar surface area (TPSA) is 86.5 Å². The number of hydrogen-bond donors (Lipinski definition) is 1. The fraction of sp³-hybridized carbons (Fsp3) is 0.0870. The SMILES string of the molecule is COc1ccccc1-c1nc(-c2cccc(OCC(=O)Nc3ccccc3Cl)c2)no1. The summed E-state index contributed by atoms with van der Waals surface area (Å²) in [6, 6.07) is 21.5. The molecule has 7 nitrogen and oxygen atoms in total. The smallest absolute Gasteiger partial charge is 0.262 e. The van der Waals surface area contributed by atoms with Crippen molar-refractivity contribution in [2.24, 2.45) is 0 Å². The maximum atomic E-state index is 12.2. The highest BCUT2D eigenvalue weighted by atomic mass is 35.5. The number of amides is 1. The van der Waals surface area contributed by atoms with E-state index in [0.717, 1.165) is 0 Å². The quantitative estimate of drug-likeness (QED) is 0.435. The molecule has 0 spiro atoms. The summed E-state index contributed by atoms with van der Waals surface area (Å²) in [5.41, 5.74) is 1.92. The van der Waals surface area contributed by atoms with E-state index in [1.807, 2.05) is 30.3 Å². The minimum atomic E-state index is -0.323. The van der Waals surface area contributed by atoms with E-state index in [9.17, 15) is 4.79 Å². The van der Waals surface area contributed by atoms with E-state index < -0.39 is 0 Å². The van der Waals surface area contributed by atoms with Crippen LogP contribution >= 0.6 is 11.6 Å². The van der Waals surface area contributed by atoms with Crippen LogP contribution in [0.5, 0.6) is 11.5 Å². The molecule has 4 aromatic rings. The van der Waals surface area contributed by atoms with Crippen LogP contribution in [0.2, 0.25) is 5.02 Å². The fourth-order valence-corrected chi connectivity index (χ4v) is 3.08. The van der Waals surface area contributed by atoms with Crippen LogP contribution in [0.25, 0.3) is 22.8 Å². The first-order chi connectivity index (χ1) is 15.1. The van der Waals surface area contributed by atoms with Gasteiger partial charge < -0.3 is 19.3 Å². The van der Waals surface area contributed by atoms with Crippen LogP contribution in [0.3, 0.4) is 0 Å². The number of halogens is 1. The van der Waals surface area contributed by atoms with E-state index in [1.165, 1.54) is 0 Å². The number of anilines is 1. The monoisotopic (exact) mass is 435 g/mol. The number of nitrogens with one attached hydrogen (secondary N) is 1. The molecule has 0 bridgehead atoms. The van der Waals surface area contributed by atoms with Gasteiger partial charge >= 0.3 is 0 Å². The normalized spacial score (nSPS) is 10.5. The van der Waals surface area contributed by atoms with Crippen LogP contribution in [0.15, 0.2) is 77.3 Å². The summed E-state index contributed by atoms with van der Waals surface area (Å²) in [6.45, 7) is -0.173. The highest BCUT2D eigenvalue weighted by molar-refractivity contribution is 6.33. The number of hydrogen-bond acceptors (Lipinski definition) is 6. The number of benzene rings is 3. The zero-order chi connectivity index (χ0) is 21.6. The molecule has 0 fully saturated rings. The Kier molecular flexibility index (Phi) is 6.14. The lowest BCUT2D eigenvalue weighted by atomic mass is 10.2. The molecule has 156 valence electrons. The maximum absolute atomic E-state index is 12.2. The summed E-state index contributed by atoms with van der Waals surface area (Å²) in [4.78, 5) is 16.6. The van der Waals surface area contributed by atoms with Gasteiger partial charge in [0.2, 0.25) is 5.82 Å². The predicted molar refractivity (Wildman–Crippen MR) is 117 cm³/mol.